The maximum atomic E-state index is 13.9. The highest BCUT2D eigenvalue weighted by Crippen LogP contribution is 2.38. The molecule has 9 heteroatoms. The Morgan fingerprint density at radius 1 is 1.03 bits per heavy atom. The topological polar surface area (TPSA) is 91.3 Å². The van der Waals surface area contributed by atoms with Gasteiger partial charge in [-0.05, 0) is 68.7 Å². The second-order valence-corrected chi connectivity index (χ2v) is 10.6. The summed E-state index contributed by atoms with van der Waals surface area (Å²) in [7, 11) is 3.95. The average molecular weight is 519 g/mol. The molecule has 2 aromatic heterocycles. The minimum absolute atomic E-state index is 0.114. The number of hydrogen-bond acceptors (Lipinski definition) is 7. The van der Waals surface area contributed by atoms with Crippen LogP contribution in [0.2, 0.25) is 0 Å². The predicted octanol–water partition coefficient (Wildman–Crippen LogP) is 4.63. The molecule has 4 rings (SSSR count). The van der Waals surface area contributed by atoms with Crippen LogP contribution in [0.25, 0.3) is 0 Å². The zero-order chi connectivity index (χ0) is 26.4. The number of aryl methyl sites for hydroxylation is 2. The van der Waals surface area contributed by atoms with Gasteiger partial charge in [0.05, 0.1) is 5.75 Å². The number of thioether (sulfide) groups is 1. The van der Waals surface area contributed by atoms with Gasteiger partial charge in [0.1, 0.15) is 5.54 Å². The van der Waals surface area contributed by atoms with E-state index in [0.717, 1.165) is 35.5 Å². The summed E-state index contributed by atoms with van der Waals surface area (Å²) in [5, 5.41) is 3.67. The number of nitrogens with zero attached hydrogens (tertiary/aromatic N) is 5. The summed E-state index contributed by atoms with van der Waals surface area (Å²) in [5.74, 6) is -0.112. The lowest BCUT2D eigenvalue weighted by Gasteiger charge is -2.40. The lowest BCUT2D eigenvalue weighted by Crippen LogP contribution is -2.57. The number of nitrogens with one attached hydrogen (secondary N) is 1. The lowest BCUT2D eigenvalue weighted by atomic mass is 9.92. The van der Waals surface area contributed by atoms with Crippen LogP contribution in [0, 0.1) is 13.8 Å². The molecule has 8 nitrogen and oxygen atoms in total. The van der Waals surface area contributed by atoms with Crippen LogP contribution >= 0.6 is 11.8 Å². The minimum Gasteiger partial charge on any atom is -0.378 e. The first kappa shape index (κ1) is 26.6. The predicted molar refractivity (Wildman–Crippen MR) is 148 cm³/mol. The standard InChI is InChI=1S/C28H34N6O2S/c1-20-16-21(2)31-27(30-20)37-19-25(35)34(18-22-8-7-15-29-17-22)28(13-5-6-14-28)26(36)32-23-9-11-24(12-10-23)33(3)4/h7-12,15-17H,5-6,13-14,18-19H2,1-4H3,(H,32,36). The summed E-state index contributed by atoms with van der Waals surface area (Å²) in [6, 6.07) is 13.4. The maximum absolute atomic E-state index is 13.9. The normalized spacial score (nSPS) is 14.3. The molecular weight excluding hydrogens is 484 g/mol. The summed E-state index contributed by atoms with van der Waals surface area (Å²) in [6.45, 7) is 4.14. The number of carbonyl (C=O) groups is 2. The van der Waals surface area contributed by atoms with E-state index in [1.165, 1.54) is 11.8 Å². The second-order valence-electron chi connectivity index (χ2n) is 9.70. The van der Waals surface area contributed by atoms with Gasteiger partial charge in [-0.3, -0.25) is 14.6 Å². The summed E-state index contributed by atoms with van der Waals surface area (Å²) < 4.78 is 0. The van der Waals surface area contributed by atoms with E-state index in [1.54, 1.807) is 17.3 Å². The van der Waals surface area contributed by atoms with E-state index in [9.17, 15) is 9.59 Å². The molecule has 1 aromatic carbocycles. The Hall–Kier alpha value is -3.46. The molecule has 1 saturated carbocycles. The Morgan fingerprint density at radius 2 is 1.70 bits per heavy atom. The quantitative estimate of drug-likeness (QED) is 0.326. The zero-order valence-corrected chi connectivity index (χ0v) is 22.7. The highest BCUT2D eigenvalue weighted by molar-refractivity contribution is 7.99. The molecular formula is C28H34N6O2S. The van der Waals surface area contributed by atoms with Gasteiger partial charge in [-0.2, -0.15) is 0 Å². The largest absolute Gasteiger partial charge is 0.378 e. The van der Waals surface area contributed by atoms with Gasteiger partial charge in [0.15, 0.2) is 5.16 Å². The van der Waals surface area contributed by atoms with Gasteiger partial charge in [-0.25, -0.2) is 9.97 Å². The van der Waals surface area contributed by atoms with Crippen LogP contribution in [0.1, 0.15) is 42.6 Å². The molecule has 0 saturated heterocycles. The van der Waals surface area contributed by atoms with Crippen molar-refractivity contribution >= 4 is 35.0 Å². The van der Waals surface area contributed by atoms with Gasteiger partial charge >= 0.3 is 0 Å². The first-order valence-corrected chi connectivity index (χ1v) is 13.5. The number of pyridine rings is 1. The first-order chi connectivity index (χ1) is 17.8. The van der Waals surface area contributed by atoms with Gasteiger partial charge in [-0.1, -0.05) is 30.7 Å². The van der Waals surface area contributed by atoms with Crippen LogP contribution in [-0.2, 0) is 16.1 Å². The molecule has 37 heavy (non-hydrogen) atoms. The van der Waals surface area contributed by atoms with Crippen molar-refractivity contribution in [1.29, 1.82) is 0 Å². The molecule has 2 amide bonds. The highest BCUT2D eigenvalue weighted by atomic mass is 32.2. The van der Waals surface area contributed by atoms with E-state index in [1.807, 2.05) is 75.3 Å². The van der Waals surface area contributed by atoms with Crippen LogP contribution in [0.4, 0.5) is 11.4 Å². The van der Waals surface area contributed by atoms with Crippen molar-refractivity contribution in [3.8, 4) is 0 Å². The molecule has 1 aliphatic rings. The lowest BCUT2D eigenvalue weighted by molar-refractivity contribution is -0.144. The van der Waals surface area contributed by atoms with Crippen molar-refractivity contribution in [2.24, 2.45) is 0 Å². The summed E-state index contributed by atoms with van der Waals surface area (Å²) >= 11 is 1.31. The smallest absolute Gasteiger partial charge is 0.250 e. The van der Waals surface area contributed by atoms with Crippen LogP contribution in [0.3, 0.4) is 0 Å². The number of rotatable bonds is 9. The van der Waals surface area contributed by atoms with Crippen molar-refractivity contribution in [3.05, 3.63) is 71.8 Å². The Kier molecular flexibility index (Phi) is 8.43. The van der Waals surface area contributed by atoms with Gasteiger partial charge in [0.25, 0.3) is 0 Å². The summed E-state index contributed by atoms with van der Waals surface area (Å²) in [5.41, 5.74) is 3.44. The molecule has 0 spiro atoms. The highest BCUT2D eigenvalue weighted by Gasteiger charge is 2.48. The molecule has 1 N–H and O–H groups in total. The fourth-order valence-electron chi connectivity index (χ4n) is 4.78. The Labute approximate surface area is 222 Å². The van der Waals surface area contributed by atoms with E-state index in [2.05, 4.69) is 20.3 Å². The van der Waals surface area contributed by atoms with Crippen molar-refractivity contribution in [2.45, 2.75) is 56.8 Å². The second kappa shape index (κ2) is 11.7. The van der Waals surface area contributed by atoms with Gasteiger partial charge in [0, 0.05) is 55.8 Å². The average Bonchev–Trinajstić information content (AvgIpc) is 3.37. The van der Waals surface area contributed by atoms with Gasteiger partial charge in [0.2, 0.25) is 11.8 Å². The third-order valence-corrected chi connectivity index (χ3v) is 7.49. The SMILES string of the molecule is Cc1cc(C)nc(SCC(=O)N(Cc2cccnc2)C2(C(=O)Nc3ccc(N(C)C)cc3)CCCC2)n1. The van der Waals surface area contributed by atoms with E-state index in [4.69, 9.17) is 0 Å². The number of amides is 2. The Bertz CT molecular complexity index is 1210. The van der Waals surface area contributed by atoms with Crippen LogP contribution in [0.15, 0.2) is 60.0 Å². The van der Waals surface area contributed by atoms with Gasteiger partial charge < -0.3 is 15.1 Å². The molecule has 0 unspecified atom stereocenters. The van der Waals surface area contributed by atoms with Crippen molar-refractivity contribution in [2.75, 3.05) is 30.1 Å². The number of carbonyl (C=O) groups excluding carboxylic acids is 2. The molecule has 0 atom stereocenters. The molecule has 2 heterocycles. The molecule has 1 fully saturated rings. The molecule has 0 bridgehead atoms. The Morgan fingerprint density at radius 3 is 2.30 bits per heavy atom. The van der Waals surface area contributed by atoms with Gasteiger partial charge in [-0.15, -0.1) is 0 Å². The van der Waals surface area contributed by atoms with E-state index in [-0.39, 0.29) is 17.6 Å². The van der Waals surface area contributed by atoms with E-state index < -0.39 is 5.54 Å². The summed E-state index contributed by atoms with van der Waals surface area (Å²) in [4.78, 5) is 44.6. The molecule has 0 aliphatic heterocycles. The van der Waals surface area contributed by atoms with Crippen molar-refractivity contribution < 1.29 is 9.59 Å². The zero-order valence-electron chi connectivity index (χ0n) is 21.9. The van der Waals surface area contributed by atoms with E-state index in [0.29, 0.717) is 30.2 Å². The molecule has 3 aromatic rings. The number of aromatic nitrogens is 3. The number of anilines is 2. The van der Waals surface area contributed by atoms with Crippen LogP contribution < -0.4 is 10.2 Å². The van der Waals surface area contributed by atoms with Crippen LogP contribution in [-0.4, -0.2) is 57.1 Å². The fraction of sp³-hybridized carbons (Fsp3) is 0.393. The third-order valence-electron chi connectivity index (χ3n) is 6.66. The fourth-order valence-corrected chi connectivity index (χ4v) is 5.61. The molecule has 0 radical (unpaired) electrons. The third kappa shape index (κ3) is 6.46. The van der Waals surface area contributed by atoms with E-state index >= 15 is 0 Å². The first-order valence-electron chi connectivity index (χ1n) is 12.5. The summed E-state index contributed by atoms with van der Waals surface area (Å²) in [6.07, 6.45) is 6.46. The number of benzene rings is 1. The monoisotopic (exact) mass is 518 g/mol. The van der Waals surface area contributed by atoms with Crippen LogP contribution in [0.5, 0.6) is 0 Å². The maximum Gasteiger partial charge on any atom is 0.250 e. The minimum atomic E-state index is -0.933. The van der Waals surface area contributed by atoms with Crippen molar-refractivity contribution in [3.63, 3.8) is 0 Å². The molecule has 194 valence electrons. The Balaban J connectivity index is 1.60. The number of hydrogen-bond donors (Lipinski definition) is 1. The van der Waals surface area contributed by atoms with Crippen molar-refractivity contribution in [1.82, 2.24) is 19.9 Å². The molecule has 1 aliphatic carbocycles.